The summed E-state index contributed by atoms with van der Waals surface area (Å²) in [5.74, 6) is 0.258. The van der Waals surface area contributed by atoms with Gasteiger partial charge in [-0.3, -0.25) is 4.79 Å². The zero-order valence-electron chi connectivity index (χ0n) is 15.9. The predicted octanol–water partition coefficient (Wildman–Crippen LogP) is 6.34. The van der Waals surface area contributed by atoms with Crippen molar-refractivity contribution in [1.29, 1.82) is 0 Å². The number of ketones is 1. The van der Waals surface area contributed by atoms with Crippen LogP contribution >= 0.6 is 23.2 Å². The number of carbonyl (C=O) groups excluding carboxylic acids is 1. The Labute approximate surface area is 182 Å². The second kappa shape index (κ2) is 8.34. The molecule has 0 aliphatic rings. The highest BCUT2D eigenvalue weighted by molar-refractivity contribution is 6.31. The highest BCUT2D eigenvalue weighted by atomic mass is 35.5. The summed E-state index contributed by atoms with van der Waals surface area (Å²) in [6, 6.07) is 18.8. The molecule has 0 N–H and O–H groups in total. The first-order valence-corrected chi connectivity index (χ1v) is 9.93. The normalized spacial score (nSPS) is 10.9. The minimum atomic E-state index is -0.447. The Morgan fingerprint density at radius 3 is 2.23 bits per heavy atom. The quantitative estimate of drug-likeness (QED) is 0.269. The van der Waals surface area contributed by atoms with Crippen molar-refractivity contribution in [3.63, 3.8) is 0 Å². The highest BCUT2D eigenvalue weighted by Crippen LogP contribution is 2.29. The fourth-order valence-corrected chi connectivity index (χ4v) is 3.50. The summed E-state index contributed by atoms with van der Waals surface area (Å²) < 4.78 is 11.1. The molecule has 0 spiro atoms. The SMILES string of the molecule is Cc1c(-c2ccc(Cl)cc2)c(=O)oc2cc(OCC(=O)c3ccc(Cl)cc3)ccc12. The first-order chi connectivity index (χ1) is 14.4. The molecule has 0 saturated heterocycles. The molecule has 0 saturated carbocycles. The van der Waals surface area contributed by atoms with Gasteiger partial charge in [0.2, 0.25) is 0 Å². The molecule has 0 bridgehead atoms. The van der Waals surface area contributed by atoms with Crippen LogP contribution < -0.4 is 10.4 Å². The van der Waals surface area contributed by atoms with Crippen LogP contribution in [0.3, 0.4) is 0 Å². The summed E-state index contributed by atoms with van der Waals surface area (Å²) in [4.78, 5) is 24.9. The van der Waals surface area contributed by atoms with E-state index in [-0.39, 0.29) is 12.4 Å². The van der Waals surface area contributed by atoms with Gasteiger partial charge < -0.3 is 9.15 Å². The van der Waals surface area contributed by atoms with Gasteiger partial charge in [0.25, 0.3) is 0 Å². The number of hydrogen-bond acceptors (Lipinski definition) is 4. The third-order valence-electron chi connectivity index (χ3n) is 4.81. The number of benzene rings is 3. The van der Waals surface area contributed by atoms with E-state index in [2.05, 4.69) is 0 Å². The zero-order chi connectivity index (χ0) is 21.3. The molecule has 4 nitrogen and oxygen atoms in total. The molecular formula is C24H16Cl2O4. The average Bonchev–Trinajstić information content (AvgIpc) is 2.73. The number of rotatable bonds is 5. The topological polar surface area (TPSA) is 56.5 Å². The Hall–Kier alpha value is -3.08. The standard InChI is InChI=1S/C24H16Cl2O4/c1-14-20-11-10-19(29-13-21(27)15-2-6-17(25)7-3-15)12-22(20)30-24(28)23(14)16-4-8-18(26)9-5-16/h2-12H,13H2,1H3. The second-order valence-corrected chi connectivity index (χ2v) is 7.65. The summed E-state index contributed by atoms with van der Waals surface area (Å²) in [7, 11) is 0. The summed E-state index contributed by atoms with van der Waals surface area (Å²) in [6.45, 7) is 1.73. The third kappa shape index (κ3) is 4.11. The first-order valence-electron chi connectivity index (χ1n) is 9.17. The van der Waals surface area contributed by atoms with Gasteiger partial charge in [0.15, 0.2) is 12.4 Å². The van der Waals surface area contributed by atoms with Gasteiger partial charge in [0.05, 0.1) is 5.56 Å². The van der Waals surface area contributed by atoms with Crippen LogP contribution in [0, 0.1) is 6.92 Å². The molecule has 1 aromatic heterocycles. The Morgan fingerprint density at radius 1 is 0.933 bits per heavy atom. The molecule has 0 atom stereocenters. The Morgan fingerprint density at radius 2 is 1.57 bits per heavy atom. The van der Waals surface area contributed by atoms with Gasteiger partial charge in [0, 0.05) is 27.1 Å². The van der Waals surface area contributed by atoms with E-state index in [9.17, 15) is 9.59 Å². The fourth-order valence-electron chi connectivity index (χ4n) is 3.24. The molecule has 0 aliphatic carbocycles. The Balaban J connectivity index is 1.61. The molecule has 0 unspecified atom stereocenters. The Kier molecular flexibility index (Phi) is 5.62. The average molecular weight is 439 g/mol. The molecular weight excluding hydrogens is 423 g/mol. The third-order valence-corrected chi connectivity index (χ3v) is 5.31. The van der Waals surface area contributed by atoms with E-state index >= 15 is 0 Å². The molecule has 1 heterocycles. The van der Waals surface area contributed by atoms with E-state index in [0.29, 0.717) is 32.5 Å². The largest absolute Gasteiger partial charge is 0.485 e. The molecule has 150 valence electrons. The molecule has 0 amide bonds. The van der Waals surface area contributed by atoms with Crippen molar-refractivity contribution in [3.05, 3.63) is 98.3 Å². The summed E-state index contributed by atoms with van der Waals surface area (Å²) in [5.41, 5.74) is 2.48. The maximum absolute atomic E-state index is 12.6. The van der Waals surface area contributed by atoms with Gasteiger partial charge >= 0.3 is 5.63 Å². The number of hydrogen-bond donors (Lipinski definition) is 0. The van der Waals surface area contributed by atoms with E-state index in [4.69, 9.17) is 32.4 Å². The highest BCUT2D eigenvalue weighted by Gasteiger charge is 2.14. The van der Waals surface area contributed by atoms with Crippen LogP contribution in [0.15, 0.2) is 75.9 Å². The monoisotopic (exact) mass is 438 g/mol. The molecule has 0 fully saturated rings. The number of fused-ring (bicyclic) bond motifs is 1. The molecule has 0 aliphatic heterocycles. The maximum atomic E-state index is 12.6. The van der Waals surface area contributed by atoms with Crippen molar-refractivity contribution >= 4 is 40.0 Å². The van der Waals surface area contributed by atoms with Crippen LogP contribution in [0.4, 0.5) is 0 Å². The second-order valence-electron chi connectivity index (χ2n) is 6.77. The maximum Gasteiger partial charge on any atom is 0.344 e. The van der Waals surface area contributed by atoms with Gasteiger partial charge in [0.1, 0.15) is 11.3 Å². The minimum absolute atomic E-state index is 0.140. The summed E-state index contributed by atoms with van der Waals surface area (Å²) in [6.07, 6.45) is 0. The lowest BCUT2D eigenvalue weighted by Gasteiger charge is -2.10. The molecule has 4 aromatic rings. The lowest BCUT2D eigenvalue weighted by atomic mass is 10.00. The van der Waals surface area contributed by atoms with Crippen LogP contribution in [0.5, 0.6) is 5.75 Å². The van der Waals surface area contributed by atoms with E-state index in [0.717, 1.165) is 16.5 Å². The van der Waals surface area contributed by atoms with Crippen LogP contribution in [-0.2, 0) is 0 Å². The summed E-state index contributed by atoms with van der Waals surface area (Å²) in [5, 5.41) is 1.94. The molecule has 30 heavy (non-hydrogen) atoms. The van der Waals surface area contributed by atoms with Crippen molar-refractivity contribution in [2.75, 3.05) is 6.61 Å². The van der Waals surface area contributed by atoms with Crippen LogP contribution in [0.25, 0.3) is 22.1 Å². The number of aryl methyl sites for hydroxylation is 1. The number of ether oxygens (including phenoxy) is 1. The summed E-state index contributed by atoms with van der Waals surface area (Å²) >= 11 is 11.8. The minimum Gasteiger partial charge on any atom is -0.485 e. The van der Waals surface area contributed by atoms with Crippen molar-refractivity contribution in [1.82, 2.24) is 0 Å². The van der Waals surface area contributed by atoms with E-state index < -0.39 is 5.63 Å². The zero-order valence-corrected chi connectivity index (χ0v) is 17.5. The van der Waals surface area contributed by atoms with E-state index in [1.807, 2.05) is 13.0 Å². The van der Waals surface area contributed by atoms with Crippen molar-refractivity contribution < 1.29 is 13.9 Å². The van der Waals surface area contributed by atoms with Crippen molar-refractivity contribution in [3.8, 4) is 16.9 Å². The van der Waals surface area contributed by atoms with Crippen LogP contribution in [-0.4, -0.2) is 12.4 Å². The van der Waals surface area contributed by atoms with Gasteiger partial charge in [-0.15, -0.1) is 0 Å². The smallest absolute Gasteiger partial charge is 0.344 e. The van der Waals surface area contributed by atoms with Crippen molar-refractivity contribution in [2.24, 2.45) is 0 Å². The molecule has 0 radical (unpaired) electrons. The number of Topliss-reactive ketones (excluding diaryl/α,β-unsaturated/α-hetero) is 1. The van der Waals surface area contributed by atoms with Gasteiger partial charge in [-0.05, 0) is 66.6 Å². The van der Waals surface area contributed by atoms with Crippen LogP contribution in [0.2, 0.25) is 10.0 Å². The predicted molar refractivity (Wildman–Crippen MR) is 119 cm³/mol. The van der Waals surface area contributed by atoms with Crippen LogP contribution in [0.1, 0.15) is 15.9 Å². The fraction of sp³-hybridized carbons (Fsp3) is 0.0833. The molecule has 3 aromatic carbocycles. The number of carbonyl (C=O) groups is 1. The van der Waals surface area contributed by atoms with E-state index in [1.54, 1.807) is 60.7 Å². The van der Waals surface area contributed by atoms with E-state index in [1.165, 1.54) is 0 Å². The molecule has 4 rings (SSSR count). The first kappa shape index (κ1) is 20.2. The van der Waals surface area contributed by atoms with Gasteiger partial charge in [-0.1, -0.05) is 35.3 Å². The number of halogens is 2. The lowest BCUT2D eigenvalue weighted by molar-refractivity contribution is 0.0921. The van der Waals surface area contributed by atoms with Gasteiger partial charge in [-0.2, -0.15) is 0 Å². The lowest BCUT2D eigenvalue weighted by Crippen LogP contribution is -2.11. The van der Waals surface area contributed by atoms with Gasteiger partial charge in [-0.25, -0.2) is 4.79 Å². The van der Waals surface area contributed by atoms with Crippen molar-refractivity contribution in [2.45, 2.75) is 6.92 Å². The molecule has 6 heteroatoms. The Bertz CT molecular complexity index is 1290.